The van der Waals surface area contributed by atoms with Gasteiger partial charge in [-0.2, -0.15) is 0 Å². The Morgan fingerprint density at radius 1 is 1.06 bits per heavy atom. The number of fused-ring (bicyclic) bond motifs is 2. The summed E-state index contributed by atoms with van der Waals surface area (Å²) in [6, 6.07) is 17.3. The van der Waals surface area contributed by atoms with Crippen LogP contribution in [0.5, 0.6) is 0 Å². The Morgan fingerprint density at radius 3 is 2.60 bits per heavy atom. The maximum atomic E-state index is 11.0. The first-order chi connectivity index (χ1) is 16.8. The molecule has 3 atom stereocenters. The number of nitrogens with one attached hydrogen (secondary N) is 2. The Bertz CT molecular complexity index is 1120. The molecule has 1 spiro atoms. The van der Waals surface area contributed by atoms with Crippen LogP contribution in [0.25, 0.3) is 0 Å². The molecule has 2 aromatic carbocycles. The molecule has 5 nitrogen and oxygen atoms in total. The van der Waals surface area contributed by atoms with E-state index in [1.54, 1.807) is 0 Å². The predicted octanol–water partition coefficient (Wildman–Crippen LogP) is 3.86. The lowest BCUT2D eigenvalue weighted by atomic mass is 9.77. The van der Waals surface area contributed by atoms with Crippen LogP contribution in [-0.2, 0) is 25.8 Å². The third-order valence-electron chi connectivity index (χ3n) is 7.83. The summed E-state index contributed by atoms with van der Waals surface area (Å²) in [5.74, 6) is 0.990. The quantitative estimate of drug-likeness (QED) is 0.460. The van der Waals surface area contributed by atoms with E-state index < -0.39 is 12.5 Å². The predicted molar refractivity (Wildman–Crippen MR) is 140 cm³/mol. The first kappa shape index (κ1) is 24.1. The van der Waals surface area contributed by atoms with Crippen LogP contribution in [0.1, 0.15) is 49.4 Å². The molecule has 35 heavy (non-hydrogen) atoms. The van der Waals surface area contributed by atoms with Crippen molar-refractivity contribution in [2.45, 2.75) is 65.5 Å². The van der Waals surface area contributed by atoms with Crippen molar-refractivity contribution in [1.82, 2.24) is 15.5 Å². The molecule has 4 N–H and O–H groups in total. The molecule has 3 unspecified atom stereocenters. The van der Waals surface area contributed by atoms with Crippen molar-refractivity contribution < 1.29 is 10.2 Å². The Balaban J connectivity index is 1.25. The van der Waals surface area contributed by atoms with Gasteiger partial charge in [0.05, 0.1) is 5.41 Å². The summed E-state index contributed by atoms with van der Waals surface area (Å²) in [6.45, 7) is 8.67. The molecule has 5 rings (SSSR count). The van der Waals surface area contributed by atoms with Crippen molar-refractivity contribution in [2.24, 2.45) is 10.8 Å². The molecule has 2 aromatic rings. The largest absolute Gasteiger partial charge is 0.378 e. The van der Waals surface area contributed by atoms with Crippen molar-refractivity contribution in [3.8, 4) is 0 Å². The van der Waals surface area contributed by atoms with Gasteiger partial charge in [-0.05, 0) is 47.9 Å². The van der Waals surface area contributed by atoms with Gasteiger partial charge in [0, 0.05) is 30.6 Å². The van der Waals surface area contributed by atoms with Gasteiger partial charge < -0.3 is 20.8 Å². The zero-order valence-electron chi connectivity index (χ0n) is 21.2. The van der Waals surface area contributed by atoms with Crippen molar-refractivity contribution >= 4 is 0 Å². The minimum Gasteiger partial charge on any atom is -0.378 e. The third-order valence-corrected chi connectivity index (χ3v) is 7.83. The first-order valence-electron chi connectivity index (χ1n) is 12.9. The van der Waals surface area contributed by atoms with Crippen LogP contribution in [0.15, 0.2) is 72.1 Å². The van der Waals surface area contributed by atoms with Gasteiger partial charge in [-0.3, -0.25) is 4.90 Å². The van der Waals surface area contributed by atoms with E-state index in [9.17, 15) is 10.2 Å². The lowest BCUT2D eigenvalue weighted by molar-refractivity contribution is -0.0756. The minimum absolute atomic E-state index is 0.206. The number of benzene rings is 2. The molecule has 5 heteroatoms. The van der Waals surface area contributed by atoms with Crippen molar-refractivity contribution in [1.29, 1.82) is 0 Å². The second kappa shape index (κ2) is 9.45. The number of aliphatic hydroxyl groups is 2. The number of allylic oxidation sites excluding steroid dienone is 1. The summed E-state index contributed by atoms with van der Waals surface area (Å²) in [6.07, 6.45) is 6.94. The van der Waals surface area contributed by atoms with Crippen LogP contribution >= 0.6 is 0 Å². The Labute approximate surface area is 209 Å². The molecule has 0 aromatic heterocycles. The summed E-state index contributed by atoms with van der Waals surface area (Å²) in [5, 5.41) is 28.6. The average molecular weight is 474 g/mol. The fraction of sp³-hybridized carbons (Fsp3) is 0.467. The Hall–Kier alpha value is -2.60. The molecule has 1 aliphatic carbocycles. The number of rotatable bonds is 7. The highest BCUT2D eigenvalue weighted by molar-refractivity contribution is 5.49. The molecular formula is C30H39N3O2. The second-order valence-corrected chi connectivity index (χ2v) is 11.5. The van der Waals surface area contributed by atoms with E-state index in [1.807, 2.05) is 6.07 Å². The molecule has 0 saturated carbocycles. The highest BCUT2D eigenvalue weighted by atomic mass is 16.3. The molecule has 0 fully saturated rings. The third kappa shape index (κ3) is 4.77. The first-order valence-corrected chi connectivity index (χ1v) is 12.9. The van der Waals surface area contributed by atoms with E-state index in [4.69, 9.17) is 0 Å². The van der Waals surface area contributed by atoms with E-state index in [2.05, 4.69) is 90.9 Å². The number of dihydropyridines is 1. The van der Waals surface area contributed by atoms with E-state index in [-0.39, 0.29) is 10.8 Å². The molecule has 186 valence electrons. The zero-order valence-corrected chi connectivity index (χ0v) is 21.2. The standard InChI is InChI=1S/C30H39N3O2/c1-29(2,3)28(35)33(20-22-9-5-4-6-10-22)16-8-11-21-13-14-23-18-30(19-24(23)17-21)25-12-7-15-31-26(25)32-27(30)34/h4-7,9-10,12-14,17,27-28,31-32,34-35H,8,11,15-16,18-20H2,1-3H3. The minimum atomic E-state index is -0.566. The number of hydrogen-bond donors (Lipinski definition) is 4. The van der Waals surface area contributed by atoms with E-state index in [0.717, 1.165) is 51.1 Å². The number of hydrogen-bond acceptors (Lipinski definition) is 5. The van der Waals surface area contributed by atoms with Crippen LogP contribution in [0.4, 0.5) is 0 Å². The van der Waals surface area contributed by atoms with Crippen LogP contribution in [-0.4, -0.2) is 40.7 Å². The summed E-state index contributed by atoms with van der Waals surface area (Å²) < 4.78 is 0. The van der Waals surface area contributed by atoms with E-state index in [1.165, 1.54) is 27.8 Å². The van der Waals surface area contributed by atoms with Crippen LogP contribution < -0.4 is 10.6 Å². The molecular weight excluding hydrogens is 434 g/mol. The molecule has 2 aliphatic heterocycles. The van der Waals surface area contributed by atoms with Gasteiger partial charge in [0.25, 0.3) is 0 Å². The van der Waals surface area contributed by atoms with Crippen molar-refractivity contribution in [2.75, 3.05) is 13.1 Å². The number of aryl methyl sites for hydroxylation is 1. The number of nitrogens with zero attached hydrogens (tertiary/aromatic N) is 1. The highest BCUT2D eigenvalue weighted by Crippen LogP contribution is 2.49. The smallest absolute Gasteiger partial charge is 0.136 e. The average Bonchev–Trinajstić information content (AvgIpc) is 3.35. The fourth-order valence-corrected chi connectivity index (χ4v) is 5.92. The van der Waals surface area contributed by atoms with Gasteiger partial charge in [0.2, 0.25) is 0 Å². The fourth-order valence-electron chi connectivity index (χ4n) is 5.92. The maximum absolute atomic E-state index is 11.0. The van der Waals surface area contributed by atoms with Gasteiger partial charge in [-0.15, -0.1) is 0 Å². The monoisotopic (exact) mass is 473 g/mol. The Kier molecular flexibility index (Phi) is 6.51. The summed E-state index contributed by atoms with van der Waals surface area (Å²) in [4.78, 5) is 2.20. The highest BCUT2D eigenvalue weighted by Gasteiger charge is 2.51. The zero-order chi connectivity index (χ0) is 24.6. The van der Waals surface area contributed by atoms with Gasteiger partial charge in [0.15, 0.2) is 0 Å². The second-order valence-electron chi connectivity index (χ2n) is 11.5. The van der Waals surface area contributed by atoms with E-state index in [0.29, 0.717) is 0 Å². The SMILES string of the molecule is CC(C)(C)C(O)N(CCCc1ccc2c(c1)CC1(C2)C2=C(NCC=C2)NC1O)Cc1ccccc1. The normalized spacial score (nSPS) is 23.9. The topological polar surface area (TPSA) is 67.8 Å². The van der Waals surface area contributed by atoms with Crippen LogP contribution in [0, 0.1) is 10.8 Å². The maximum Gasteiger partial charge on any atom is 0.136 e. The summed E-state index contributed by atoms with van der Waals surface area (Å²) in [5.41, 5.74) is 5.98. The summed E-state index contributed by atoms with van der Waals surface area (Å²) in [7, 11) is 0. The van der Waals surface area contributed by atoms with Crippen molar-refractivity contribution in [3.05, 3.63) is 94.3 Å². The molecule has 2 heterocycles. The van der Waals surface area contributed by atoms with E-state index >= 15 is 0 Å². The lowest BCUT2D eigenvalue weighted by Crippen LogP contribution is -2.44. The molecule has 0 radical (unpaired) electrons. The molecule has 0 bridgehead atoms. The molecule has 0 amide bonds. The van der Waals surface area contributed by atoms with Crippen molar-refractivity contribution in [3.63, 3.8) is 0 Å². The Morgan fingerprint density at radius 2 is 1.83 bits per heavy atom. The van der Waals surface area contributed by atoms with Gasteiger partial charge in [-0.25, -0.2) is 0 Å². The summed E-state index contributed by atoms with van der Waals surface area (Å²) >= 11 is 0. The van der Waals surface area contributed by atoms with Crippen LogP contribution in [0.2, 0.25) is 0 Å². The lowest BCUT2D eigenvalue weighted by Gasteiger charge is -2.36. The van der Waals surface area contributed by atoms with Gasteiger partial charge in [0.1, 0.15) is 18.3 Å². The van der Waals surface area contributed by atoms with Gasteiger partial charge >= 0.3 is 0 Å². The number of aliphatic hydroxyl groups excluding tert-OH is 2. The molecule has 0 saturated heterocycles. The van der Waals surface area contributed by atoms with Gasteiger partial charge in [-0.1, -0.05) is 81.5 Å². The molecule has 3 aliphatic rings. The van der Waals surface area contributed by atoms with Crippen LogP contribution in [0.3, 0.4) is 0 Å².